The van der Waals surface area contributed by atoms with Gasteiger partial charge in [0.25, 0.3) is 0 Å². The molecule has 0 saturated carbocycles. The Morgan fingerprint density at radius 1 is 1.07 bits per heavy atom. The molecule has 0 N–H and O–H groups in total. The minimum absolute atomic E-state index is 0.141. The molecule has 0 radical (unpaired) electrons. The van der Waals surface area contributed by atoms with Gasteiger partial charge in [-0.15, -0.1) is 0 Å². The molecule has 0 aliphatic rings. The van der Waals surface area contributed by atoms with Crippen LogP contribution in [0.25, 0.3) is 0 Å². The molecular formula is C20H21F3N4. The van der Waals surface area contributed by atoms with E-state index in [1.807, 2.05) is 20.8 Å². The molecule has 1 aromatic carbocycles. The molecular weight excluding hydrogens is 353 g/mol. The third-order valence-electron chi connectivity index (χ3n) is 5.32. The van der Waals surface area contributed by atoms with E-state index in [2.05, 4.69) is 15.1 Å². The summed E-state index contributed by atoms with van der Waals surface area (Å²) in [6.45, 7) is 5.91. The minimum Gasteiger partial charge on any atom is -0.258 e. The number of hydrogen-bond donors (Lipinski definition) is 0. The van der Waals surface area contributed by atoms with Crippen molar-refractivity contribution >= 4 is 0 Å². The number of hydrogen-bond acceptors (Lipinski definition) is 3. The first-order chi connectivity index (χ1) is 12.9. The van der Waals surface area contributed by atoms with E-state index in [-0.39, 0.29) is 18.2 Å². The first-order valence-corrected chi connectivity index (χ1v) is 8.74. The molecule has 0 aliphatic heterocycles. The lowest BCUT2D eigenvalue weighted by Crippen LogP contribution is -2.43. The summed E-state index contributed by atoms with van der Waals surface area (Å²) in [5.41, 5.74) is -0.400. The van der Waals surface area contributed by atoms with E-state index in [9.17, 15) is 13.2 Å². The largest absolute Gasteiger partial charge is 0.258 e. The maximum absolute atomic E-state index is 14.9. The molecule has 2 heterocycles. The van der Waals surface area contributed by atoms with Crippen LogP contribution < -0.4 is 0 Å². The average molecular weight is 374 g/mol. The zero-order chi connectivity index (χ0) is 19.6. The van der Waals surface area contributed by atoms with Crippen LogP contribution in [0, 0.1) is 23.4 Å². The Bertz CT molecular complexity index is 911. The van der Waals surface area contributed by atoms with Crippen LogP contribution in [-0.2, 0) is 12.0 Å². The summed E-state index contributed by atoms with van der Waals surface area (Å²) in [6.07, 6.45) is 4.43. The summed E-state index contributed by atoms with van der Waals surface area (Å²) in [5, 5.41) is 4.15. The Hall–Kier alpha value is -2.70. The lowest BCUT2D eigenvalue weighted by molar-refractivity contribution is 0.199. The molecule has 0 saturated heterocycles. The molecule has 3 aromatic rings. The Labute approximate surface area is 156 Å². The predicted octanol–water partition coefficient (Wildman–Crippen LogP) is 4.49. The molecule has 0 bridgehead atoms. The van der Waals surface area contributed by atoms with Crippen molar-refractivity contribution in [3.05, 3.63) is 77.9 Å². The fraction of sp³-hybridized carbons (Fsp3) is 0.350. The lowest BCUT2D eigenvalue weighted by Gasteiger charge is -2.43. The van der Waals surface area contributed by atoms with E-state index in [0.717, 1.165) is 6.07 Å². The van der Waals surface area contributed by atoms with Gasteiger partial charge in [0, 0.05) is 23.6 Å². The third kappa shape index (κ3) is 3.46. The summed E-state index contributed by atoms with van der Waals surface area (Å²) in [7, 11) is 0. The second-order valence-electron chi connectivity index (χ2n) is 7.00. The number of aromatic nitrogens is 4. The van der Waals surface area contributed by atoms with Gasteiger partial charge in [-0.3, -0.25) is 9.67 Å². The van der Waals surface area contributed by atoms with E-state index >= 15 is 0 Å². The van der Waals surface area contributed by atoms with Crippen LogP contribution in [0.4, 0.5) is 13.2 Å². The molecule has 0 amide bonds. The van der Waals surface area contributed by atoms with E-state index < -0.39 is 28.8 Å². The van der Waals surface area contributed by atoms with Crippen molar-refractivity contribution in [3.63, 3.8) is 0 Å². The standard InChI is InChI=1S/C20H21F3N4/c1-13(2)20(10-27-12-24-11-26-27,16-7-6-15(21)9-18(16)23)14(3)19-17(22)5-4-8-25-19/h4-9,11-14H,10H2,1-3H3. The molecule has 142 valence electrons. The fourth-order valence-electron chi connectivity index (χ4n) is 3.86. The van der Waals surface area contributed by atoms with Crippen molar-refractivity contribution in [1.29, 1.82) is 0 Å². The second kappa shape index (κ2) is 7.50. The second-order valence-corrected chi connectivity index (χ2v) is 7.00. The van der Waals surface area contributed by atoms with Crippen molar-refractivity contribution in [2.45, 2.75) is 38.6 Å². The summed E-state index contributed by atoms with van der Waals surface area (Å²) >= 11 is 0. The van der Waals surface area contributed by atoms with Gasteiger partial charge >= 0.3 is 0 Å². The zero-order valence-electron chi connectivity index (χ0n) is 15.4. The first-order valence-electron chi connectivity index (χ1n) is 8.74. The monoisotopic (exact) mass is 374 g/mol. The molecule has 0 aliphatic carbocycles. The van der Waals surface area contributed by atoms with Crippen LogP contribution in [-0.4, -0.2) is 19.7 Å². The van der Waals surface area contributed by atoms with Gasteiger partial charge in [0.1, 0.15) is 30.1 Å². The Kier molecular flexibility index (Phi) is 5.30. The Morgan fingerprint density at radius 2 is 1.85 bits per heavy atom. The highest BCUT2D eigenvalue weighted by molar-refractivity contribution is 5.34. The lowest BCUT2D eigenvalue weighted by atomic mass is 9.62. The van der Waals surface area contributed by atoms with Gasteiger partial charge < -0.3 is 0 Å². The molecule has 2 aromatic heterocycles. The molecule has 27 heavy (non-hydrogen) atoms. The average Bonchev–Trinajstić information content (AvgIpc) is 3.13. The molecule has 2 atom stereocenters. The summed E-state index contributed by atoms with van der Waals surface area (Å²) in [4.78, 5) is 8.17. The smallest absolute Gasteiger partial charge is 0.144 e. The van der Waals surface area contributed by atoms with Crippen LogP contribution in [0.5, 0.6) is 0 Å². The number of benzene rings is 1. The molecule has 0 fully saturated rings. The van der Waals surface area contributed by atoms with Crippen molar-refractivity contribution in [2.75, 3.05) is 0 Å². The third-order valence-corrected chi connectivity index (χ3v) is 5.32. The van der Waals surface area contributed by atoms with Crippen molar-refractivity contribution in [3.8, 4) is 0 Å². The SMILES string of the molecule is CC(C)C(Cn1cncn1)(c1ccc(F)cc1F)C(C)c1ncccc1F. The van der Waals surface area contributed by atoms with Gasteiger partial charge in [0.2, 0.25) is 0 Å². The first kappa shape index (κ1) is 19.1. The quantitative estimate of drug-likeness (QED) is 0.639. The number of rotatable bonds is 6. The fourth-order valence-corrected chi connectivity index (χ4v) is 3.86. The van der Waals surface area contributed by atoms with E-state index in [4.69, 9.17) is 0 Å². The zero-order valence-corrected chi connectivity index (χ0v) is 15.4. The molecule has 3 rings (SSSR count). The molecule has 4 nitrogen and oxygen atoms in total. The Morgan fingerprint density at radius 3 is 2.44 bits per heavy atom. The van der Waals surface area contributed by atoms with Gasteiger partial charge in [-0.05, 0) is 29.7 Å². The number of pyridine rings is 1. The van der Waals surface area contributed by atoms with Gasteiger partial charge in [-0.1, -0.05) is 26.8 Å². The van der Waals surface area contributed by atoms with Gasteiger partial charge in [-0.2, -0.15) is 5.10 Å². The minimum atomic E-state index is -0.930. The highest BCUT2D eigenvalue weighted by Crippen LogP contribution is 2.47. The van der Waals surface area contributed by atoms with Gasteiger partial charge in [0.15, 0.2) is 0 Å². The van der Waals surface area contributed by atoms with Crippen LogP contribution in [0.2, 0.25) is 0 Å². The molecule has 2 unspecified atom stereocenters. The van der Waals surface area contributed by atoms with Crippen molar-refractivity contribution in [2.24, 2.45) is 5.92 Å². The van der Waals surface area contributed by atoms with Crippen molar-refractivity contribution in [1.82, 2.24) is 19.7 Å². The highest BCUT2D eigenvalue weighted by atomic mass is 19.1. The summed E-state index contributed by atoms with van der Waals surface area (Å²) < 4.78 is 44.6. The molecule has 0 spiro atoms. The van der Waals surface area contributed by atoms with Crippen LogP contribution in [0.15, 0.2) is 49.2 Å². The number of halogens is 3. The maximum Gasteiger partial charge on any atom is 0.144 e. The van der Waals surface area contributed by atoms with Crippen LogP contribution in [0.1, 0.15) is 37.9 Å². The normalized spacial score (nSPS) is 14.9. The molecule has 7 heteroatoms. The summed E-state index contributed by atoms with van der Waals surface area (Å²) in [5.74, 6) is -2.45. The maximum atomic E-state index is 14.9. The van der Waals surface area contributed by atoms with Gasteiger partial charge in [-0.25, -0.2) is 18.2 Å². The Balaban J connectivity index is 2.25. The van der Waals surface area contributed by atoms with E-state index in [1.54, 1.807) is 4.68 Å². The number of nitrogens with zero attached hydrogens (tertiary/aromatic N) is 4. The van der Waals surface area contributed by atoms with E-state index in [0.29, 0.717) is 5.56 Å². The summed E-state index contributed by atoms with van der Waals surface area (Å²) in [6, 6.07) is 6.35. The van der Waals surface area contributed by atoms with Gasteiger partial charge in [0.05, 0.1) is 12.2 Å². The van der Waals surface area contributed by atoms with E-state index in [1.165, 1.54) is 43.1 Å². The van der Waals surface area contributed by atoms with Crippen LogP contribution >= 0.6 is 0 Å². The van der Waals surface area contributed by atoms with Crippen LogP contribution in [0.3, 0.4) is 0 Å². The predicted molar refractivity (Wildman–Crippen MR) is 95.5 cm³/mol. The highest BCUT2D eigenvalue weighted by Gasteiger charge is 2.45. The van der Waals surface area contributed by atoms with Crippen molar-refractivity contribution < 1.29 is 13.2 Å². The topological polar surface area (TPSA) is 43.6 Å².